The van der Waals surface area contributed by atoms with Crippen molar-refractivity contribution in [3.63, 3.8) is 0 Å². The van der Waals surface area contributed by atoms with E-state index in [0.29, 0.717) is 0 Å². The Morgan fingerprint density at radius 2 is 1.93 bits per heavy atom. The summed E-state index contributed by atoms with van der Waals surface area (Å²) in [5, 5.41) is 9.17. The van der Waals surface area contributed by atoms with Gasteiger partial charge in [0.15, 0.2) is 0 Å². The smallest absolute Gasteiger partial charge is 0.331 e. The van der Waals surface area contributed by atoms with Gasteiger partial charge >= 0.3 is 5.97 Å². The highest BCUT2D eigenvalue weighted by Crippen LogP contribution is 2.47. The lowest BCUT2D eigenvalue weighted by molar-refractivity contribution is -0.132. The molecule has 15 heavy (non-hydrogen) atoms. The van der Waals surface area contributed by atoms with E-state index in [0.717, 1.165) is 43.1 Å². The highest BCUT2D eigenvalue weighted by atomic mass is 16.4. The Labute approximate surface area is 91.4 Å². The van der Waals surface area contributed by atoms with E-state index >= 15 is 0 Å². The molecule has 0 aliphatic heterocycles. The average molecular weight is 208 g/mol. The number of allylic oxidation sites excluding steroid dienone is 1. The summed E-state index contributed by atoms with van der Waals surface area (Å²) in [4.78, 5) is 11.1. The minimum absolute atomic E-state index is 0.674. The highest BCUT2D eigenvalue weighted by Gasteiger charge is 2.35. The van der Waals surface area contributed by atoms with Gasteiger partial charge in [-0.25, -0.2) is 4.79 Å². The molecule has 0 spiro atoms. The molecule has 2 aliphatic carbocycles. The quantitative estimate of drug-likeness (QED) is 0.722. The minimum atomic E-state index is -0.674. The van der Waals surface area contributed by atoms with Crippen LogP contribution >= 0.6 is 0 Å². The van der Waals surface area contributed by atoms with E-state index in [1.54, 1.807) is 0 Å². The van der Waals surface area contributed by atoms with Gasteiger partial charge in [-0.3, -0.25) is 0 Å². The Hall–Kier alpha value is -0.790. The molecule has 0 aromatic rings. The predicted octanol–water partition coefficient (Wildman–Crippen LogP) is 3.38. The second-order valence-corrected chi connectivity index (χ2v) is 5.00. The average Bonchev–Trinajstić information content (AvgIpc) is 2.72. The number of aliphatic carboxylic acids is 1. The van der Waals surface area contributed by atoms with Crippen molar-refractivity contribution in [2.24, 2.45) is 11.8 Å². The number of carboxylic acid groups (broad SMARTS) is 1. The van der Waals surface area contributed by atoms with Crippen LogP contribution in [0, 0.1) is 11.8 Å². The third-order valence-corrected chi connectivity index (χ3v) is 4.02. The van der Waals surface area contributed by atoms with E-state index in [1.165, 1.54) is 24.8 Å². The van der Waals surface area contributed by atoms with Crippen LogP contribution in [0.2, 0.25) is 0 Å². The number of fused-ring (bicyclic) bond motifs is 1. The van der Waals surface area contributed by atoms with Gasteiger partial charge in [-0.15, -0.1) is 0 Å². The molecule has 1 N–H and O–H groups in total. The summed E-state index contributed by atoms with van der Waals surface area (Å²) < 4.78 is 0. The molecule has 0 amide bonds. The third-order valence-electron chi connectivity index (χ3n) is 4.02. The SMILES string of the molecule is CCCC(C(=O)O)=C1CC2CCCC2C1. The molecule has 2 atom stereocenters. The second kappa shape index (κ2) is 4.38. The molecule has 0 aromatic carbocycles. The molecule has 2 aliphatic rings. The summed E-state index contributed by atoms with van der Waals surface area (Å²) in [7, 11) is 0. The van der Waals surface area contributed by atoms with Crippen molar-refractivity contribution in [2.75, 3.05) is 0 Å². The fourth-order valence-corrected chi connectivity index (χ4v) is 3.30. The zero-order chi connectivity index (χ0) is 10.8. The first-order chi connectivity index (χ1) is 7.22. The number of carbonyl (C=O) groups is 1. The molecule has 0 saturated heterocycles. The lowest BCUT2D eigenvalue weighted by Crippen LogP contribution is -2.04. The first-order valence-corrected chi connectivity index (χ1v) is 6.16. The molecule has 0 aromatic heterocycles. The van der Waals surface area contributed by atoms with Gasteiger partial charge in [0.05, 0.1) is 0 Å². The van der Waals surface area contributed by atoms with Crippen LogP contribution in [0.25, 0.3) is 0 Å². The van der Waals surface area contributed by atoms with Crippen molar-refractivity contribution in [3.05, 3.63) is 11.1 Å². The van der Waals surface area contributed by atoms with Crippen LogP contribution in [-0.2, 0) is 4.79 Å². The number of carboxylic acids is 1. The highest BCUT2D eigenvalue weighted by molar-refractivity contribution is 5.87. The van der Waals surface area contributed by atoms with Gasteiger partial charge in [-0.1, -0.05) is 25.3 Å². The molecule has 2 heteroatoms. The minimum Gasteiger partial charge on any atom is -0.478 e. The van der Waals surface area contributed by atoms with Crippen LogP contribution in [0.5, 0.6) is 0 Å². The molecule has 0 radical (unpaired) electrons. The Balaban J connectivity index is 2.14. The van der Waals surface area contributed by atoms with Gasteiger partial charge in [-0.2, -0.15) is 0 Å². The first-order valence-electron chi connectivity index (χ1n) is 6.16. The summed E-state index contributed by atoms with van der Waals surface area (Å²) in [5.74, 6) is 0.948. The summed E-state index contributed by atoms with van der Waals surface area (Å²) in [6, 6.07) is 0. The molecular formula is C13H20O2. The summed E-state index contributed by atoms with van der Waals surface area (Å²) in [6.07, 6.45) is 7.86. The van der Waals surface area contributed by atoms with Crippen molar-refractivity contribution in [1.29, 1.82) is 0 Å². The molecule has 0 heterocycles. The molecular weight excluding hydrogens is 188 g/mol. The third kappa shape index (κ3) is 2.09. The maximum atomic E-state index is 11.1. The van der Waals surface area contributed by atoms with Crippen LogP contribution in [0.4, 0.5) is 0 Å². The van der Waals surface area contributed by atoms with Crippen molar-refractivity contribution in [1.82, 2.24) is 0 Å². The molecule has 2 saturated carbocycles. The second-order valence-electron chi connectivity index (χ2n) is 5.00. The lowest BCUT2D eigenvalue weighted by Gasteiger charge is -2.06. The fourth-order valence-electron chi connectivity index (χ4n) is 3.30. The topological polar surface area (TPSA) is 37.3 Å². The van der Waals surface area contributed by atoms with Crippen molar-refractivity contribution >= 4 is 5.97 Å². The van der Waals surface area contributed by atoms with E-state index in [2.05, 4.69) is 6.92 Å². The van der Waals surface area contributed by atoms with E-state index < -0.39 is 5.97 Å². The van der Waals surface area contributed by atoms with Gasteiger partial charge in [0, 0.05) is 5.57 Å². The Kier molecular flexibility index (Phi) is 3.13. The molecule has 84 valence electrons. The van der Waals surface area contributed by atoms with Crippen LogP contribution in [0.15, 0.2) is 11.1 Å². The maximum Gasteiger partial charge on any atom is 0.331 e. The zero-order valence-corrected chi connectivity index (χ0v) is 9.46. The maximum absolute atomic E-state index is 11.1. The number of hydrogen-bond donors (Lipinski definition) is 1. The van der Waals surface area contributed by atoms with Gasteiger partial charge in [0.25, 0.3) is 0 Å². The summed E-state index contributed by atoms with van der Waals surface area (Å²) in [6.45, 7) is 2.05. The van der Waals surface area contributed by atoms with E-state index in [-0.39, 0.29) is 0 Å². The van der Waals surface area contributed by atoms with E-state index in [1.807, 2.05) is 0 Å². The predicted molar refractivity (Wildman–Crippen MR) is 59.6 cm³/mol. The van der Waals surface area contributed by atoms with Crippen molar-refractivity contribution in [2.45, 2.75) is 51.9 Å². The normalized spacial score (nSPS) is 29.3. The summed E-state index contributed by atoms with van der Waals surface area (Å²) in [5.41, 5.74) is 1.99. The van der Waals surface area contributed by atoms with Crippen molar-refractivity contribution in [3.8, 4) is 0 Å². The van der Waals surface area contributed by atoms with Gasteiger partial charge in [0.1, 0.15) is 0 Å². The van der Waals surface area contributed by atoms with Gasteiger partial charge < -0.3 is 5.11 Å². The molecule has 2 rings (SSSR count). The van der Waals surface area contributed by atoms with Crippen molar-refractivity contribution < 1.29 is 9.90 Å². The molecule has 2 nitrogen and oxygen atoms in total. The van der Waals surface area contributed by atoms with Crippen LogP contribution in [-0.4, -0.2) is 11.1 Å². The zero-order valence-electron chi connectivity index (χ0n) is 9.46. The van der Waals surface area contributed by atoms with Gasteiger partial charge in [-0.05, 0) is 43.9 Å². The Bertz CT molecular complexity index is 277. The Morgan fingerprint density at radius 1 is 1.33 bits per heavy atom. The van der Waals surface area contributed by atoms with E-state index in [9.17, 15) is 9.90 Å². The summed E-state index contributed by atoms with van der Waals surface area (Å²) >= 11 is 0. The van der Waals surface area contributed by atoms with Crippen LogP contribution < -0.4 is 0 Å². The molecule has 2 fully saturated rings. The lowest BCUT2D eigenvalue weighted by atomic mass is 10.00. The number of hydrogen-bond acceptors (Lipinski definition) is 1. The van der Waals surface area contributed by atoms with Crippen LogP contribution in [0.3, 0.4) is 0 Å². The van der Waals surface area contributed by atoms with E-state index in [4.69, 9.17) is 0 Å². The first kappa shape index (κ1) is 10.7. The fraction of sp³-hybridized carbons (Fsp3) is 0.769. The molecule has 2 unspecified atom stereocenters. The largest absolute Gasteiger partial charge is 0.478 e. The van der Waals surface area contributed by atoms with Crippen LogP contribution in [0.1, 0.15) is 51.9 Å². The number of rotatable bonds is 3. The standard InChI is InChI=1S/C13H20O2/c1-2-4-12(13(14)15)11-7-9-5-3-6-10(9)8-11/h9-10H,2-8H2,1H3,(H,14,15). The molecule has 0 bridgehead atoms. The van der Waals surface area contributed by atoms with Gasteiger partial charge in [0.2, 0.25) is 0 Å². The Morgan fingerprint density at radius 3 is 2.40 bits per heavy atom. The monoisotopic (exact) mass is 208 g/mol.